The smallest absolute Gasteiger partial charge is 0.303 e. The monoisotopic (exact) mass is 309 g/mol. The van der Waals surface area contributed by atoms with E-state index in [1.165, 1.54) is 16.1 Å². The Balaban J connectivity index is 1.84. The van der Waals surface area contributed by atoms with E-state index in [1.807, 2.05) is 17.5 Å². The van der Waals surface area contributed by atoms with Crippen LogP contribution in [-0.4, -0.2) is 43.2 Å². The number of hydrogen-bond acceptors (Lipinski definition) is 6. The molecule has 2 rings (SSSR count). The van der Waals surface area contributed by atoms with Gasteiger partial charge in [0.25, 0.3) is 0 Å². The molecule has 1 unspecified atom stereocenters. The topological polar surface area (TPSA) is 110 Å². The Morgan fingerprint density at radius 2 is 2.33 bits per heavy atom. The molecule has 0 saturated heterocycles. The molecule has 0 bridgehead atoms. The largest absolute Gasteiger partial charge is 0.481 e. The van der Waals surface area contributed by atoms with E-state index in [2.05, 4.69) is 20.7 Å². The molecular weight excluding hydrogens is 294 g/mol. The van der Waals surface area contributed by atoms with Crippen LogP contribution in [0.1, 0.15) is 19.8 Å². The van der Waals surface area contributed by atoms with Crippen molar-refractivity contribution in [1.29, 1.82) is 0 Å². The van der Waals surface area contributed by atoms with E-state index >= 15 is 0 Å². The van der Waals surface area contributed by atoms with Crippen LogP contribution < -0.4 is 5.32 Å². The summed E-state index contributed by atoms with van der Waals surface area (Å²) in [5.41, 5.74) is 0. The minimum absolute atomic E-state index is 0.0194. The van der Waals surface area contributed by atoms with Crippen molar-refractivity contribution in [2.75, 3.05) is 0 Å². The minimum atomic E-state index is -0.880. The van der Waals surface area contributed by atoms with Crippen LogP contribution >= 0.6 is 11.3 Å². The molecule has 2 aromatic heterocycles. The summed E-state index contributed by atoms with van der Waals surface area (Å²) in [6.45, 7) is 1.71. The Morgan fingerprint density at radius 3 is 3.00 bits per heavy atom. The first-order valence-electron chi connectivity index (χ1n) is 6.37. The summed E-state index contributed by atoms with van der Waals surface area (Å²) in [6, 6.07) is 3.55. The molecule has 2 aromatic rings. The zero-order chi connectivity index (χ0) is 15.2. The molecule has 0 aliphatic carbocycles. The average Bonchev–Trinajstić information content (AvgIpc) is 3.06. The van der Waals surface area contributed by atoms with Gasteiger partial charge in [0.1, 0.15) is 6.54 Å². The molecule has 0 aliphatic rings. The van der Waals surface area contributed by atoms with Gasteiger partial charge in [0, 0.05) is 12.5 Å². The van der Waals surface area contributed by atoms with Crippen molar-refractivity contribution in [1.82, 2.24) is 25.5 Å². The number of carbonyl (C=O) groups excluding carboxylic acids is 1. The predicted octanol–water partition coefficient (Wildman–Crippen LogP) is 0.771. The summed E-state index contributed by atoms with van der Waals surface area (Å²) in [5.74, 6) is -0.672. The van der Waals surface area contributed by atoms with E-state index in [0.29, 0.717) is 12.2 Å². The number of aromatic nitrogens is 4. The van der Waals surface area contributed by atoms with Crippen LogP contribution in [0.4, 0.5) is 0 Å². The highest BCUT2D eigenvalue weighted by molar-refractivity contribution is 7.13. The molecule has 2 heterocycles. The van der Waals surface area contributed by atoms with Crippen LogP contribution in [0.5, 0.6) is 0 Å². The average molecular weight is 309 g/mol. The fourth-order valence-electron chi connectivity index (χ4n) is 1.68. The highest BCUT2D eigenvalue weighted by Crippen LogP contribution is 2.19. The maximum Gasteiger partial charge on any atom is 0.303 e. The van der Waals surface area contributed by atoms with Gasteiger partial charge in [-0.25, -0.2) is 0 Å². The van der Waals surface area contributed by atoms with Crippen molar-refractivity contribution in [3.05, 3.63) is 17.5 Å². The molecule has 8 nitrogen and oxygen atoms in total. The zero-order valence-corrected chi connectivity index (χ0v) is 12.2. The van der Waals surface area contributed by atoms with Crippen LogP contribution in [0, 0.1) is 0 Å². The minimum Gasteiger partial charge on any atom is -0.481 e. The number of carboxylic acid groups (broad SMARTS) is 1. The van der Waals surface area contributed by atoms with Crippen LogP contribution in [-0.2, 0) is 16.1 Å². The second-order valence-corrected chi connectivity index (χ2v) is 5.47. The highest BCUT2D eigenvalue weighted by atomic mass is 32.1. The van der Waals surface area contributed by atoms with Gasteiger partial charge in [-0.2, -0.15) is 4.80 Å². The molecule has 0 spiro atoms. The molecule has 0 saturated carbocycles. The number of tetrazole rings is 1. The number of thiophene rings is 1. The van der Waals surface area contributed by atoms with Crippen LogP contribution in [0.25, 0.3) is 10.7 Å². The van der Waals surface area contributed by atoms with Crippen molar-refractivity contribution in [3.63, 3.8) is 0 Å². The lowest BCUT2D eigenvalue weighted by atomic mass is 10.2. The second-order valence-electron chi connectivity index (χ2n) is 4.52. The van der Waals surface area contributed by atoms with Gasteiger partial charge < -0.3 is 10.4 Å². The third kappa shape index (κ3) is 4.63. The Bertz CT molecular complexity index is 610. The van der Waals surface area contributed by atoms with Gasteiger partial charge in [-0.15, -0.1) is 21.5 Å². The van der Waals surface area contributed by atoms with Crippen LogP contribution in [0.15, 0.2) is 17.5 Å². The Hall–Kier alpha value is -2.29. The van der Waals surface area contributed by atoms with E-state index in [-0.39, 0.29) is 24.9 Å². The number of aliphatic carboxylic acids is 1. The quantitative estimate of drug-likeness (QED) is 0.781. The first kappa shape index (κ1) is 15.1. The molecule has 0 aliphatic heterocycles. The Kier molecular flexibility index (Phi) is 4.99. The molecular formula is C12H15N5O3S. The number of hydrogen-bond donors (Lipinski definition) is 2. The molecule has 2 N–H and O–H groups in total. The number of nitrogens with one attached hydrogen (secondary N) is 1. The van der Waals surface area contributed by atoms with Crippen LogP contribution in [0.2, 0.25) is 0 Å². The summed E-state index contributed by atoms with van der Waals surface area (Å²) in [7, 11) is 0. The molecule has 0 radical (unpaired) electrons. The summed E-state index contributed by atoms with van der Waals surface area (Å²) >= 11 is 1.49. The van der Waals surface area contributed by atoms with Crippen molar-refractivity contribution in [2.45, 2.75) is 32.4 Å². The van der Waals surface area contributed by atoms with Gasteiger partial charge in [-0.1, -0.05) is 6.07 Å². The zero-order valence-electron chi connectivity index (χ0n) is 11.4. The first-order valence-corrected chi connectivity index (χ1v) is 7.25. The summed E-state index contributed by atoms with van der Waals surface area (Å²) in [6.07, 6.45) is 0.401. The second kappa shape index (κ2) is 6.93. The van der Waals surface area contributed by atoms with Crippen molar-refractivity contribution in [3.8, 4) is 10.7 Å². The summed E-state index contributed by atoms with van der Waals surface area (Å²) in [5, 5.41) is 25.0. The molecule has 21 heavy (non-hydrogen) atoms. The third-order valence-corrected chi connectivity index (χ3v) is 3.54. The van der Waals surface area contributed by atoms with Gasteiger partial charge in [-0.05, 0) is 30.0 Å². The van der Waals surface area contributed by atoms with Gasteiger partial charge >= 0.3 is 5.97 Å². The molecule has 1 amide bonds. The van der Waals surface area contributed by atoms with E-state index in [1.54, 1.807) is 6.92 Å². The van der Waals surface area contributed by atoms with Crippen molar-refractivity contribution in [2.24, 2.45) is 0 Å². The van der Waals surface area contributed by atoms with E-state index in [9.17, 15) is 9.59 Å². The standard InChI is InChI=1S/C12H15N5O3S/c1-8(4-5-11(19)20)13-10(18)7-17-15-12(14-16-17)9-3-2-6-21-9/h2-3,6,8H,4-5,7H2,1H3,(H,13,18)(H,19,20). The first-order chi connectivity index (χ1) is 10.0. The molecule has 112 valence electrons. The highest BCUT2D eigenvalue weighted by Gasteiger charge is 2.12. The van der Waals surface area contributed by atoms with Gasteiger partial charge in [0.2, 0.25) is 11.7 Å². The Labute approximate surface area is 124 Å². The number of carbonyl (C=O) groups is 2. The summed E-state index contributed by atoms with van der Waals surface area (Å²) < 4.78 is 0. The number of rotatable bonds is 7. The fraction of sp³-hybridized carbons (Fsp3) is 0.417. The van der Waals surface area contributed by atoms with Crippen molar-refractivity contribution >= 4 is 23.2 Å². The molecule has 0 aromatic carbocycles. The lowest BCUT2D eigenvalue weighted by Crippen LogP contribution is -2.35. The van der Waals surface area contributed by atoms with Gasteiger partial charge in [0.05, 0.1) is 4.88 Å². The van der Waals surface area contributed by atoms with Gasteiger partial charge in [0.15, 0.2) is 0 Å². The number of carboxylic acids is 1. The summed E-state index contributed by atoms with van der Waals surface area (Å²) in [4.78, 5) is 24.3. The lowest BCUT2D eigenvalue weighted by Gasteiger charge is -2.11. The third-order valence-electron chi connectivity index (χ3n) is 2.68. The fourth-order valence-corrected chi connectivity index (χ4v) is 2.32. The number of nitrogens with zero attached hydrogens (tertiary/aromatic N) is 4. The van der Waals surface area contributed by atoms with Crippen molar-refractivity contribution < 1.29 is 14.7 Å². The van der Waals surface area contributed by atoms with E-state index in [4.69, 9.17) is 5.11 Å². The molecule has 0 fully saturated rings. The van der Waals surface area contributed by atoms with Gasteiger partial charge in [-0.3, -0.25) is 9.59 Å². The Morgan fingerprint density at radius 1 is 1.52 bits per heavy atom. The normalized spacial score (nSPS) is 12.0. The van der Waals surface area contributed by atoms with E-state index < -0.39 is 5.97 Å². The van der Waals surface area contributed by atoms with E-state index in [0.717, 1.165) is 4.88 Å². The molecule has 1 atom stereocenters. The maximum absolute atomic E-state index is 11.8. The predicted molar refractivity (Wildman–Crippen MR) is 75.6 cm³/mol. The van der Waals surface area contributed by atoms with Crippen LogP contribution in [0.3, 0.4) is 0 Å². The maximum atomic E-state index is 11.8. The lowest BCUT2D eigenvalue weighted by molar-refractivity contribution is -0.137. The SMILES string of the molecule is CC(CCC(=O)O)NC(=O)Cn1nnc(-c2cccs2)n1. The number of amides is 1. The molecule has 9 heteroatoms.